The van der Waals surface area contributed by atoms with E-state index in [1.54, 1.807) is 26.0 Å². The number of carbonyl (C=O) groups excluding carboxylic acids is 2. The number of carboxylic acid groups (broad SMARTS) is 1. The fraction of sp³-hybridized carbons (Fsp3) is 0.222. The standard InChI is InChI=1S/C27H25IN2O5/c1-16(2)30(14-25(31)32)26(33)17-11-18(28)13-19(12-17)29-27(34)35-15-24-22-9-5-3-7-20(22)21-8-4-6-10-23(21)24/h3-13,16,24H,14-15H2,1-2H3,(H,29,34)(H,31,32). The number of nitrogens with zero attached hydrogens (tertiary/aromatic N) is 1. The number of hydrogen-bond donors (Lipinski definition) is 2. The third kappa shape index (κ3) is 5.48. The summed E-state index contributed by atoms with van der Waals surface area (Å²) in [4.78, 5) is 38.1. The summed E-state index contributed by atoms with van der Waals surface area (Å²) < 4.78 is 6.32. The van der Waals surface area contributed by atoms with Gasteiger partial charge in [-0.25, -0.2) is 4.79 Å². The number of hydrogen-bond acceptors (Lipinski definition) is 4. The van der Waals surface area contributed by atoms with Crippen molar-refractivity contribution in [2.45, 2.75) is 25.8 Å². The Morgan fingerprint density at radius 3 is 2.17 bits per heavy atom. The summed E-state index contributed by atoms with van der Waals surface area (Å²) in [6, 6.07) is 20.8. The van der Waals surface area contributed by atoms with Gasteiger partial charge in [-0.3, -0.25) is 14.9 Å². The van der Waals surface area contributed by atoms with Crippen LogP contribution >= 0.6 is 22.6 Å². The molecule has 0 radical (unpaired) electrons. The Morgan fingerprint density at radius 1 is 1.00 bits per heavy atom. The van der Waals surface area contributed by atoms with E-state index in [4.69, 9.17) is 9.84 Å². The number of carbonyl (C=O) groups is 3. The lowest BCUT2D eigenvalue weighted by atomic mass is 9.98. The Hall–Kier alpha value is -3.40. The van der Waals surface area contributed by atoms with Crippen molar-refractivity contribution >= 4 is 46.2 Å². The zero-order valence-corrected chi connectivity index (χ0v) is 21.5. The van der Waals surface area contributed by atoms with E-state index in [0.29, 0.717) is 11.3 Å². The van der Waals surface area contributed by atoms with E-state index in [1.165, 1.54) is 11.0 Å². The first kappa shape index (κ1) is 24.7. The predicted octanol–water partition coefficient (Wildman–Crippen LogP) is 5.59. The molecule has 4 rings (SSSR count). The van der Waals surface area contributed by atoms with Crippen LogP contribution < -0.4 is 5.32 Å². The molecule has 1 aliphatic carbocycles. The highest BCUT2D eigenvalue weighted by Crippen LogP contribution is 2.44. The second-order valence-electron chi connectivity index (χ2n) is 8.60. The zero-order valence-electron chi connectivity index (χ0n) is 19.3. The molecular formula is C27H25IN2O5. The lowest BCUT2D eigenvalue weighted by molar-refractivity contribution is -0.138. The molecule has 3 aromatic rings. The smallest absolute Gasteiger partial charge is 0.411 e. The number of nitrogens with one attached hydrogen (secondary N) is 1. The van der Waals surface area contributed by atoms with Crippen molar-refractivity contribution in [3.63, 3.8) is 0 Å². The highest BCUT2D eigenvalue weighted by Gasteiger charge is 2.29. The summed E-state index contributed by atoms with van der Waals surface area (Å²) in [5, 5.41) is 11.9. The van der Waals surface area contributed by atoms with Crippen molar-refractivity contribution in [3.05, 3.63) is 87.0 Å². The lowest BCUT2D eigenvalue weighted by Crippen LogP contribution is -2.40. The molecule has 2 amide bonds. The molecule has 2 N–H and O–H groups in total. The average Bonchev–Trinajstić information content (AvgIpc) is 3.14. The van der Waals surface area contributed by atoms with Crippen LogP contribution in [0, 0.1) is 3.57 Å². The minimum absolute atomic E-state index is 0.0585. The number of carboxylic acids is 1. The molecule has 1 aliphatic rings. The van der Waals surface area contributed by atoms with Gasteiger partial charge in [0.1, 0.15) is 13.2 Å². The topological polar surface area (TPSA) is 95.9 Å². The summed E-state index contributed by atoms with van der Waals surface area (Å²) in [5.41, 5.74) is 5.23. The van der Waals surface area contributed by atoms with Crippen LogP contribution in [0.15, 0.2) is 66.7 Å². The van der Waals surface area contributed by atoms with Gasteiger partial charge in [-0.1, -0.05) is 48.5 Å². The van der Waals surface area contributed by atoms with Crippen LogP contribution in [0.2, 0.25) is 0 Å². The quantitative estimate of drug-likeness (QED) is 0.354. The highest BCUT2D eigenvalue weighted by molar-refractivity contribution is 14.1. The number of amides is 2. The van der Waals surface area contributed by atoms with Gasteiger partial charge < -0.3 is 14.7 Å². The second-order valence-corrected chi connectivity index (χ2v) is 9.85. The fourth-order valence-electron chi connectivity index (χ4n) is 4.34. The molecule has 0 atom stereocenters. The maximum atomic E-state index is 13.0. The first-order valence-electron chi connectivity index (χ1n) is 11.2. The number of halogens is 1. The van der Waals surface area contributed by atoms with Crippen LogP contribution in [0.5, 0.6) is 0 Å². The van der Waals surface area contributed by atoms with E-state index >= 15 is 0 Å². The van der Waals surface area contributed by atoms with Crippen LogP contribution in [0.1, 0.15) is 41.3 Å². The minimum atomic E-state index is -1.09. The van der Waals surface area contributed by atoms with Gasteiger partial charge in [-0.2, -0.15) is 0 Å². The molecule has 0 saturated heterocycles. The number of fused-ring (bicyclic) bond motifs is 3. The van der Waals surface area contributed by atoms with E-state index in [0.717, 1.165) is 25.8 Å². The molecular weight excluding hydrogens is 559 g/mol. The van der Waals surface area contributed by atoms with E-state index in [-0.39, 0.29) is 18.6 Å². The molecule has 180 valence electrons. The molecule has 35 heavy (non-hydrogen) atoms. The Bertz CT molecular complexity index is 1240. The number of benzene rings is 3. The van der Waals surface area contributed by atoms with Crippen LogP contribution in [-0.2, 0) is 9.53 Å². The highest BCUT2D eigenvalue weighted by atomic mass is 127. The largest absolute Gasteiger partial charge is 0.480 e. The van der Waals surface area contributed by atoms with Gasteiger partial charge in [0.15, 0.2) is 0 Å². The first-order chi connectivity index (χ1) is 16.7. The number of aliphatic carboxylic acids is 1. The van der Waals surface area contributed by atoms with E-state index in [9.17, 15) is 14.4 Å². The van der Waals surface area contributed by atoms with Crippen molar-refractivity contribution in [1.29, 1.82) is 0 Å². The van der Waals surface area contributed by atoms with Crippen molar-refractivity contribution < 1.29 is 24.2 Å². The molecule has 0 unspecified atom stereocenters. The van der Waals surface area contributed by atoms with Gasteiger partial charge in [-0.15, -0.1) is 0 Å². The van der Waals surface area contributed by atoms with E-state index < -0.39 is 24.5 Å². The van der Waals surface area contributed by atoms with Crippen molar-refractivity contribution in [1.82, 2.24) is 4.90 Å². The summed E-state index contributed by atoms with van der Waals surface area (Å²) in [6.45, 7) is 3.28. The molecule has 0 aliphatic heterocycles. The Labute approximate surface area is 217 Å². The van der Waals surface area contributed by atoms with Crippen LogP contribution in [0.4, 0.5) is 10.5 Å². The molecule has 8 heteroatoms. The molecule has 0 saturated carbocycles. The van der Waals surface area contributed by atoms with Gasteiger partial charge in [0, 0.05) is 26.8 Å². The molecule has 3 aromatic carbocycles. The third-order valence-electron chi connectivity index (χ3n) is 5.92. The Morgan fingerprint density at radius 2 is 1.60 bits per heavy atom. The lowest BCUT2D eigenvalue weighted by Gasteiger charge is -2.25. The van der Waals surface area contributed by atoms with Gasteiger partial charge in [0.05, 0.1) is 0 Å². The van der Waals surface area contributed by atoms with Gasteiger partial charge in [-0.05, 0) is 76.9 Å². The summed E-state index contributed by atoms with van der Waals surface area (Å²) in [7, 11) is 0. The Balaban J connectivity index is 1.47. The molecule has 0 spiro atoms. The normalized spacial score (nSPS) is 12.1. The van der Waals surface area contributed by atoms with Gasteiger partial charge in [0.25, 0.3) is 5.91 Å². The zero-order chi connectivity index (χ0) is 25.1. The fourth-order valence-corrected chi connectivity index (χ4v) is 5.01. The molecule has 0 fully saturated rings. The molecule has 0 bridgehead atoms. The average molecular weight is 584 g/mol. The summed E-state index contributed by atoms with van der Waals surface area (Å²) in [6.07, 6.45) is -0.626. The van der Waals surface area contributed by atoms with Crippen molar-refractivity contribution in [2.75, 3.05) is 18.5 Å². The number of ether oxygens (including phenoxy) is 1. The molecule has 0 heterocycles. The van der Waals surface area contributed by atoms with Crippen LogP contribution in [0.3, 0.4) is 0 Å². The number of rotatable bonds is 7. The minimum Gasteiger partial charge on any atom is -0.480 e. The van der Waals surface area contributed by atoms with Gasteiger partial charge in [0.2, 0.25) is 0 Å². The Kier molecular flexibility index (Phi) is 7.39. The third-order valence-corrected chi connectivity index (χ3v) is 6.55. The van der Waals surface area contributed by atoms with E-state index in [1.807, 2.05) is 24.3 Å². The molecule has 7 nitrogen and oxygen atoms in total. The maximum absolute atomic E-state index is 13.0. The van der Waals surface area contributed by atoms with E-state index in [2.05, 4.69) is 52.2 Å². The van der Waals surface area contributed by atoms with Crippen molar-refractivity contribution in [3.8, 4) is 11.1 Å². The van der Waals surface area contributed by atoms with Gasteiger partial charge >= 0.3 is 12.1 Å². The predicted molar refractivity (Wildman–Crippen MR) is 142 cm³/mol. The first-order valence-corrected chi connectivity index (χ1v) is 12.3. The summed E-state index contributed by atoms with van der Waals surface area (Å²) >= 11 is 2.05. The van der Waals surface area contributed by atoms with Crippen LogP contribution in [-0.4, -0.2) is 47.2 Å². The molecule has 0 aromatic heterocycles. The second kappa shape index (κ2) is 10.5. The summed E-state index contributed by atoms with van der Waals surface area (Å²) in [5.74, 6) is -1.57. The number of anilines is 1. The van der Waals surface area contributed by atoms with Crippen molar-refractivity contribution in [2.24, 2.45) is 0 Å². The van der Waals surface area contributed by atoms with Crippen LogP contribution in [0.25, 0.3) is 11.1 Å². The SMILES string of the molecule is CC(C)N(CC(=O)O)C(=O)c1cc(I)cc(NC(=O)OCC2c3ccccc3-c3ccccc32)c1. The maximum Gasteiger partial charge on any atom is 0.411 e. The monoisotopic (exact) mass is 584 g/mol.